The molecule has 1 saturated heterocycles. The molecule has 4 atom stereocenters. The summed E-state index contributed by atoms with van der Waals surface area (Å²) in [6.45, 7) is 1.59. The van der Waals surface area contributed by atoms with Gasteiger partial charge in [-0.1, -0.05) is 0 Å². The van der Waals surface area contributed by atoms with Gasteiger partial charge >= 0.3 is 17.6 Å². The smallest absolute Gasteiger partial charge is 0.330 e. The second-order valence-corrected chi connectivity index (χ2v) is 5.44. The highest BCUT2D eigenvalue weighted by atomic mass is 19.3. The maximum absolute atomic E-state index is 14.7. The predicted octanol–water partition coefficient (Wildman–Crippen LogP) is 0.204. The highest BCUT2D eigenvalue weighted by molar-refractivity contribution is 5.66. The maximum atomic E-state index is 14.7. The zero-order chi connectivity index (χ0) is 19.6. The summed E-state index contributed by atoms with van der Waals surface area (Å²) in [6, 6.07) is 0. The number of aromatic nitrogens is 2. The molecule has 26 heavy (non-hydrogen) atoms. The molecule has 1 aromatic heterocycles. The molecular formula is C14H15F3N2O7. The van der Waals surface area contributed by atoms with Crippen LogP contribution in [0, 0.1) is 0 Å². The normalized spacial score (nSPS) is 25.3. The molecule has 0 bridgehead atoms. The topological polar surface area (TPSA) is 117 Å². The Labute approximate surface area is 143 Å². The number of ether oxygens (including phenoxy) is 3. The Hall–Kier alpha value is -2.63. The SMILES string of the molecule is CC(=O)OC[C@H]1O[C@@H](n2cc(C(F)F)c(=O)[nH]c2=O)[C@H](F)[C@@H]1OC(C)=O. The second-order valence-electron chi connectivity index (χ2n) is 5.44. The number of aromatic amines is 1. The minimum atomic E-state index is -3.22. The van der Waals surface area contributed by atoms with Crippen molar-refractivity contribution in [2.45, 2.75) is 44.9 Å². The monoisotopic (exact) mass is 380 g/mol. The van der Waals surface area contributed by atoms with E-state index in [9.17, 15) is 32.3 Å². The van der Waals surface area contributed by atoms with E-state index in [0.29, 0.717) is 10.8 Å². The second kappa shape index (κ2) is 7.72. The molecule has 0 amide bonds. The van der Waals surface area contributed by atoms with Gasteiger partial charge in [-0.25, -0.2) is 18.0 Å². The molecule has 1 aliphatic rings. The Morgan fingerprint density at radius 1 is 1.31 bits per heavy atom. The molecule has 0 radical (unpaired) electrons. The van der Waals surface area contributed by atoms with Crippen molar-refractivity contribution in [1.29, 1.82) is 0 Å². The van der Waals surface area contributed by atoms with Crippen LogP contribution < -0.4 is 11.2 Å². The lowest BCUT2D eigenvalue weighted by atomic mass is 10.1. The van der Waals surface area contributed by atoms with Gasteiger partial charge in [-0.15, -0.1) is 0 Å². The molecule has 9 nitrogen and oxygen atoms in total. The van der Waals surface area contributed by atoms with Gasteiger partial charge in [-0.05, 0) is 0 Å². The lowest BCUT2D eigenvalue weighted by molar-refractivity contribution is -0.156. The molecule has 1 N–H and O–H groups in total. The van der Waals surface area contributed by atoms with Gasteiger partial charge in [0.2, 0.25) is 0 Å². The Bertz CT molecular complexity index is 806. The van der Waals surface area contributed by atoms with Gasteiger partial charge in [0.15, 0.2) is 18.5 Å². The van der Waals surface area contributed by atoms with Crippen LogP contribution in [-0.2, 0) is 23.8 Å². The van der Waals surface area contributed by atoms with Gasteiger partial charge in [-0.2, -0.15) is 0 Å². The van der Waals surface area contributed by atoms with Crippen LogP contribution in [0.2, 0.25) is 0 Å². The summed E-state index contributed by atoms with van der Waals surface area (Å²) in [5.41, 5.74) is -3.57. The Balaban J connectivity index is 2.39. The van der Waals surface area contributed by atoms with Crippen molar-refractivity contribution in [3.05, 3.63) is 32.6 Å². The molecular weight excluding hydrogens is 365 g/mol. The molecule has 2 rings (SSSR count). The van der Waals surface area contributed by atoms with Crippen LogP contribution in [0.5, 0.6) is 0 Å². The summed E-state index contributed by atoms with van der Waals surface area (Å²) >= 11 is 0. The maximum Gasteiger partial charge on any atom is 0.330 e. The lowest BCUT2D eigenvalue weighted by Crippen LogP contribution is -2.38. The van der Waals surface area contributed by atoms with Crippen molar-refractivity contribution in [1.82, 2.24) is 9.55 Å². The first kappa shape index (κ1) is 19.7. The number of alkyl halides is 3. The van der Waals surface area contributed by atoms with Crippen molar-refractivity contribution in [2.75, 3.05) is 6.61 Å². The highest BCUT2D eigenvalue weighted by Gasteiger charge is 2.49. The zero-order valence-corrected chi connectivity index (χ0v) is 13.6. The summed E-state index contributed by atoms with van der Waals surface area (Å²) < 4.78 is 55.6. The predicted molar refractivity (Wildman–Crippen MR) is 77.3 cm³/mol. The van der Waals surface area contributed by atoms with Gasteiger partial charge in [0.25, 0.3) is 12.0 Å². The van der Waals surface area contributed by atoms with Gasteiger partial charge < -0.3 is 14.2 Å². The van der Waals surface area contributed by atoms with Crippen molar-refractivity contribution in [3.63, 3.8) is 0 Å². The number of H-pyrrole nitrogens is 1. The van der Waals surface area contributed by atoms with E-state index in [2.05, 4.69) is 0 Å². The van der Waals surface area contributed by atoms with E-state index >= 15 is 0 Å². The Morgan fingerprint density at radius 2 is 1.96 bits per heavy atom. The molecule has 0 saturated carbocycles. The summed E-state index contributed by atoms with van der Waals surface area (Å²) in [5, 5.41) is 0. The third kappa shape index (κ3) is 4.12. The Morgan fingerprint density at radius 3 is 2.50 bits per heavy atom. The van der Waals surface area contributed by atoms with Crippen LogP contribution in [0.1, 0.15) is 32.1 Å². The van der Waals surface area contributed by atoms with Crippen LogP contribution in [0.15, 0.2) is 15.8 Å². The van der Waals surface area contributed by atoms with E-state index in [1.54, 1.807) is 4.98 Å². The molecule has 144 valence electrons. The van der Waals surface area contributed by atoms with Gasteiger partial charge in [0.1, 0.15) is 12.7 Å². The number of esters is 2. The van der Waals surface area contributed by atoms with Crippen molar-refractivity contribution >= 4 is 11.9 Å². The first-order valence-corrected chi connectivity index (χ1v) is 7.35. The molecule has 0 aromatic carbocycles. The van der Waals surface area contributed by atoms with Crippen LogP contribution >= 0.6 is 0 Å². The van der Waals surface area contributed by atoms with E-state index in [1.807, 2.05) is 0 Å². The summed E-state index contributed by atoms with van der Waals surface area (Å²) in [5.74, 6) is -1.58. The van der Waals surface area contributed by atoms with E-state index in [-0.39, 0.29) is 0 Å². The quantitative estimate of drug-likeness (QED) is 0.726. The van der Waals surface area contributed by atoms with E-state index < -0.39 is 66.4 Å². The summed E-state index contributed by atoms with van der Waals surface area (Å²) in [6.07, 6.45) is -9.49. The minimum absolute atomic E-state index is 0.428. The number of hydrogen-bond acceptors (Lipinski definition) is 7. The summed E-state index contributed by atoms with van der Waals surface area (Å²) in [4.78, 5) is 47.0. The third-order valence-electron chi connectivity index (χ3n) is 3.52. The Kier molecular flexibility index (Phi) is 5.85. The first-order valence-electron chi connectivity index (χ1n) is 7.35. The largest absolute Gasteiger partial charge is 0.463 e. The number of nitrogens with zero attached hydrogens (tertiary/aromatic N) is 1. The van der Waals surface area contributed by atoms with Crippen LogP contribution in [0.4, 0.5) is 13.2 Å². The molecule has 1 aromatic rings. The molecule has 1 aliphatic heterocycles. The molecule has 12 heteroatoms. The highest BCUT2D eigenvalue weighted by Crippen LogP contribution is 2.33. The van der Waals surface area contributed by atoms with Crippen LogP contribution in [0.25, 0.3) is 0 Å². The third-order valence-corrected chi connectivity index (χ3v) is 3.52. The fourth-order valence-corrected chi connectivity index (χ4v) is 2.43. The van der Waals surface area contributed by atoms with Crippen molar-refractivity contribution < 1.29 is 37.0 Å². The van der Waals surface area contributed by atoms with Crippen molar-refractivity contribution in [2.24, 2.45) is 0 Å². The van der Waals surface area contributed by atoms with E-state index in [0.717, 1.165) is 13.8 Å². The number of carbonyl (C=O) groups excluding carboxylic acids is 2. The van der Waals surface area contributed by atoms with Gasteiger partial charge in [0.05, 0.1) is 5.56 Å². The van der Waals surface area contributed by atoms with Crippen LogP contribution in [-0.4, -0.2) is 46.5 Å². The number of hydrogen-bond donors (Lipinski definition) is 1. The van der Waals surface area contributed by atoms with E-state index in [1.165, 1.54) is 0 Å². The minimum Gasteiger partial charge on any atom is -0.463 e. The standard InChI is InChI=1S/C14H15F3N2O7/c1-5(20)24-4-8-10(25-6(2)21)9(15)13(26-8)19-3-7(11(16)17)12(22)18-14(19)23/h3,8-11,13H,4H2,1-2H3,(H,18,22,23)/t8-,9-,10-,13-/m1/s1. The van der Waals surface area contributed by atoms with Gasteiger partial charge in [-0.3, -0.25) is 23.9 Å². The lowest BCUT2D eigenvalue weighted by Gasteiger charge is -2.18. The number of nitrogens with one attached hydrogen (secondary N) is 1. The van der Waals surface area contributed by atoms with Crippen LogP contribution in [0.3, 0.4) is 0 Å². The molecule has 1 fully saturated rings. The average Bonchev–Trinajstić information content (AvgIpc) is 2.81. The average molecular weight is 380 g/mol. The summed E-state index contributed by atoms with van der Waals surface area (Å²) in [7, 11) is 0. The zero-order valence-electron chi connectivity index (χ0n) is 13.6. The molecule has 2 heterocycles. The molecule has 0 aliphatic carbocycles. The van der Waals surface area contributed by atoms with E-state index in [4.69, 9.17) is 14.2 Å². The molecule has 0 spiro atoms. The number of rotatable bonds is 5. The fourth-order valence-electron chi connectivity index (χ4n) is 2.43. The fraction of sp³-hybridized carbons (Fsp3) is 0.571. The number of halogens is 3. The first-order chi connectivity index (χ1) is 12.1. The van der Waals surface area contributed by atoms with Gasteiger partial charge in [0, 0.05) is 20.0 Å². The number of carbonyl (C=O) groups is 2. The molecule has 0 unspecified atom stereocenters. The van der Waals surface area contributed by atoms with Crippen molar-refractivity contribution in [3.8, 4) is 0 Å².